The Morgan fingerprint density at radius 1 is 1.19 bits per heavy atom. The van der Waals surface area contributed by atoms with Crippen molar-refractivity contribution in [1.82, 2.24) is 14.8 Å². The first-order chi connectivity index (χ1) is 15.1. The van der Waals surface area contributed by atoms with Crippen LogP contribution in [0.25, 0.3) is 0 Å². The summed E-state index contributed by atoms with van der Waals surface area (Å²) < 4.78 is 7.49. The molecule has 1 aliphatic heterocycles. The second-order valence-electron chi connectivity index (χ2n) is 7.36. The lowest BCUT2D eigenvalue weighted by Crippen LogP contribution is -2.30. The van der Waals surface area contributed by atoms with Crippen LogP contribution in [0.3, 0.4) is 0 Å². The van der Waals surface area contributed by atoms with Crippen LogP contribution in [0, 0.1) is 0 Å². The van der Waals surface area contributed by atoms with Crippen LogP contribution in [0.15, 0.2) is 53.7 Å². The first-order valence-electron chi connectivity index (χ1n) is 10.5. The largest absolute Gasteiger partial charge is 0.495 e. The number of carbonyl (C=O) groups excluding carboxylic acids is 1. The second-order valence-corrected chi connectivity index (χ2v) is 8.31. The molecule has 2 heterocycles. The number of carbonyl (C=O) groups is 1. The fourth-order valence-electron chi connectivity index (χ4n) is 3.89. The number of hydrogen-bond donors (Lipinski definition) is 1. The first-order valence-corrected chi connectivity index (χ1v) is 11.4. The Labute approximate surface area is 186 Å². The van der Waals surface area contributed by atoms with Crippen LogP contribution in [0.4, 0.5) is 11.4 Å². The van der Waals surface area contributed by atoms with Crippen LogP contribution < -0.4 is 15.0 Å². The van der Waals surface area contributed by atoms with Gasteiger partial charge in [0, 0.05) is 18.8 Å². The number of aromatic nitrogens is 3. The van der Waals surface area contributed by atoms with Gasteiger partial charge in [0.15, 0.2) is 11.0 Å². The minimum Gasteiger partial charge on any atom is -0.495 e. The standard InChI is InChI=1S/C23H27N5O2S/c1-4-27-22(16(2)24-18-10-6-8-12-20(18)30-3)25-26-23(27)31-15-21(29)28-14-13-17-9-5-7-11-19(17)28/h5-12,16,24H,4,13-15H2,1-3H3/t16-/m0/s1. The summed E-state index contributed by atoms with van der Waals surface area (Å²) in [5.74, 6) is 2.04. The minimum absolute atomic E-state index is 0.0701. The summed E-state index contributed by atoms with van der Waals surface area (Å²) in [4.78, 5) is 14.7. The van der Waals surface area contributed by atoms with Crippen molar-refractivity contribution in [1.29, 1.82) is 0 Å². The van der Waals surface area contributed by atoms with Gasteiger partial charge in [0.1, 0.15) is 5.75 Å². The van der Waals surface area contributed by atoms with Crippen molar-refractivity contribution in [2.75, 3.05) is 29.6 Å². The molecule has 1 amide bonds. The van der Waals surface area contributed by atoms with E-state index in [4.69, 9.17) is 4.74 Å². The number of fused-ring (bicyclic) bond motifs is 1. The topological polar surface area (TPSA) is 72.3 Å². The summed E-state index contributed by atoms with van der Waals surface area (Å²) in [7, 11) is 1.66. The molecule has 162 valence electrons. The fraction of sp³-hybridized carbons (Fsp3) is 0.348. The molecular weight excluding hydrogens is 410 g/mol. The maximum atomic E-state index is 12.9. The van der Waals surface area contributed by atoms with Crippen molar-refractivity contribution >= 4 is 29.0 Å². The summed E-state index contributed by atoms with van der Waals surface area (Å²) in [6, 6.07) is 15.8. The number of para-hydroxylation sites is 3. The van der Waals surface area contributed by atoms with E-state index in [0.29, 0.717) is 5.75 Å². The highest BCUT2D eigenvalue weighted by Crippen LogP contribution is 2.30. The van der Waals surface area contributed by atoms with E-state index in [1.54, 1.807) is 7.11 Å². The number of benzene rings is 2. The zero-order valence-corrected chi connectivity index (χ0v) is 18.9. The smallest absolute Gasteiger partial charge is 0.237 e. The number of nitrogens with one attached hydrogen (secondary N) is 1. The Kier molecular flexibility index (Phi) is 6.46. The first kappa shape index (κ1) is 21.2. The number of rotatable bonds is 8. The van der Waals surface area contributed by atoms with Gasteiger partial charge in [-0.1, -0.05) is 42.1 Å². The number of anilines is 2. The molecule has 1 atom stereocenters. The monoisotopic (exact) mass is 437 g/mol. The molecule has 1 aliphatic rings. The SMILES string of the molecule is CCn1c(SCC(=O)N2CCc3ccccc32)nnc1[C@H](C)Nc1ccccc1OC. The van der Waals surface area contributed by atoms with Crippen molar-refractivity contribution in [3.63, 3.8) is 0 Å². The Bertz CT molecular complexity index is 1070. The highest BCUT2D eigenvalue weighted by Gasteiger charge is 2.25. The number of nitrogens with zero attached hydrogens (tertiary/aromatic N) is 4. The van der Waals surface area contributed by atoms with Crippen LogP contribution in [0.2, 0.25) is 0 Å². The molecule has 3 aromatic rings. The zero-order chi connectivity index (χ0) is 21.8. The molecule has 1 N–H and O–H groups in total. The molecule has 0 saturated heterocycles. The average Bonchev–Trinajstić information content (AvgIpc) is 3.42. The Morgan fingerprint density at radius 3 is 2.77 bits per heavy atom. The molecular formula is C23H27N5O2S. The summed E-state index contributed by atoms with van der Waals surface area (Å²) in [5, 5.41) is 13.0. The van der Waals surface area contributed by atoms with Crippen molar-refractivity contribution < 1.29 is 9.53 Å². The summed E-state index contributed by atoms with van der Waals surface area (Å²) in [6.45, 7) is 5.57. The van der Waals surface area contributed by atoms with Crippen molar-refractivity contribution in [2.24, 2.45) is 0 Å². The van der Waals surface area contributed by atoms with Gasteiger partial charge >= 0.3 is 0 Å². The van der Waals surface area contributed by atoms with Gasteiger partial charge in [-0.15, -0.1) is 10.2 Å². The van der Waals surface area contributed by atoms with Crippen LogP contribution in [-0.4, -0.2) is 40.1 Å². The molecule has 0 radical (unpaired) electrons. The van der Waals surface area contributed by atoms with Crippen LogP contribution in [0.1, 0.15) is 31.3 Å². The molecule has 1 aromatic heterocycles. The van der Waals surface area contributed by atoms with Gasteiger partial charge in [-0.3, -0.25) is 4.79 Å². The lowest BCUT2D eigenvalue weighted by Gasteiger charge is -2.18. The zero-order valence-electron chi connectivity index (χ0n) is 18.0. The van der Waals surface area contributed by atoms with Gasteiger partial charge < -0.3 is 19.5 Å². The molecule has 31 heavy (non-hydrogen) atoms. The minimum atomic E-state index is -0.0701. The molecule has 2 aromatic carbocycles. The van der Waals surface area contributed by atoms with Gasteiger partial charge in [0.2, 0.25) is 5.91 Å². The van der Waals surface area contributed by atoms with E-state index in [-0.39, 0.29) is 11.9 Å². The van der Waals surface area contributed by atoms with E-state index in [2.05, 4.69) is 33.1 Å². The third kappa shape index (κ3) is 4.39. The van der Waals surface area contributed by atoms with E-state index in [1.165, 1.54) is 17.3 Å². The van der Waals surface area contributed by atoms with Crippen LogP contribution in [0.5, 0.6) is 5.75 Å². The molecule has 0 aliphatic carbocycles. The molecule has 0 bridgehead atoms. The van der Waals surface area contributed by atoms with Crippen LogP contribution >= 0.6 is 11.8 Å². The number of ether oxygens (including phenoxy) is 1. The summed E-state index contributed by atoms with van der Waals surface area (Å²) in [5.41, 5.74) is 3.16. The van der Waals surface area contributed by atoms with Crippen molar-refractivity contribution in [2.45, 2.75) is 38.0 Å². The van der Waals surface area contributed by atoms with E-state index in [9.17, 15) is 4.79 Å². The lowest BCUT2D eigenvalue weighted by atomic mass is 10.2. The number of thioether (sulfide) groups is 1. The van der Waals surface area contributed by atoms with Crippen molar-refractivity contribution in [3.8, 4) is 5.75 Å². The Hall–Kier alpha value is -3.00. The molecule has 0 unspecified atom stereocenters. The lowest BCUT2D eigenvalue weighted by molar-refractivity contribution is -0.116. The van der Waals surface area contributed by atoms with Gasteiger partial charge in [-0.2, -0.15) is 0 Å². The maximum Gasteiger partial charge on any atom is 0.237 e. The van der Waals surface area contributed by atoms with Crippen molar-refractivity contribution in [3.05, 3.63) is 59.9 Å². The average molecular weight is 438 g/mol. The molecule has 4 rings (SSSR count). The molecule has 8 heteroatoms. The maximum absolute atomic E-state index is 12.9. The number of hydrogen-bond acceptors (Lipinski definition) is 6. The normalized spacial score (nSPS) is 13.7. The quantitative estimate of drug-likeness (QED) is 0.534. The highest BCUT2D eigenvalue weighted by molar-refractivity contribution is 7.99. The third-order valence-electron chi connectivity index (χ3n) is 5.44. The highest BCUT2D eigenvalue weighted by atomic mass is 32.2. The van der Waals surface area contributed by atoms with Gasteiger partial charge in [0.25, 0.3) is 0 Å². The predicted molar refractivity (Wildman–Crippen MR) is 124 cm³/mol. The molecule has 0 spiro atoms. The van der Waals surface area contributed by atoms with E-state index in [1.807, 2.05) is 54.3 Å². The Morgan fingerprint density at radius 2 is 1.97 bits per heavy atom. The third-order valence-corrected chi connectivity index (χ3v) is 6.39. The van der Waals surface area contributed by atoms with Gasteiger partial charge in [0.05, 0.1) is 24.6 Å². The van der Waals surface area contributed by atoms with E-state index >= 15 is 0 Å². The summed E-state index contributed by atoms with van der Waals surface area (Å²) >= 11 is 1.44. The van der Waals surface area contributed by atoms with Crippen LogP contribution in [-0.2, 0) is 17.8 Å². The second kappa shape index (κ2) is 9.43. The van der Waals surface area contributed by atoms with E-state index in [0.717, 1.165) is 47.6 Å². The number of amides is 1. The molecule has 7 nitrogen and oxygen atoms in total. The van der Waals surface area contributed by atoms with Gasteiger partial charge in [-0.25, -0.2) is 0 Å². The molecule has 0 fully saturated rings. The molecule has 0 saturated carbocycles. The van der Waals surface area contributed by atoms with Gasteiger partial charge in [-0.05, 0) is 44.0 Å². The fourth-order valence-corrected chi connectivity index (χ4v) is 4.77. The number of methoxy groups -OCH3 is 1. The summed E-state index contributed by atoms with van der Waals surface area (Å²) in [6.07, 6.45) is 0.911. The Balaban J connectivity index is 1.44. The van der Waals surface area contributed by atoms with E-state index < -0.39 is 0 Å². The predicted octanol–water partition coefficient (Wildman–Crippen LogP) is 4.16.